The molecule has 6 aliphatic carbocycles. The Bertz CT molecular complexity index is 3830. The van der Waals surface area contributed by atoms with Crippen LogP contribution in [0.2, 0.25) is 0 Å². The van der Waals surface area contributed by atoms with Crippen molar-refractivity contribution in [3.8, 4) is 0 Å². The molecule has 25 atom stereocenters. The van der Waals surface area contributed by atoms with E-state index in [1.54, 1.807) is 27.7 Å². The van der Waals surface area contributed by atoms with Gasteiger partial charge in [-0.05, 0) is 274 Å². The van der Waals surface area contributed by atoms with Crippen molar-refractivity contribution in [2.75, 3.05) is 19.8 Å². The maximum absolute atomic E-state index is 13.8. The lowest BCUT2D eigenvalue weighted by Gasteiger charge is -2.73. The molecule has 2 saturated heterocycles. The highest BCUT2D eigenvalue weighted by molar-refractivity contribution is 5.90. The molecule has 0 radical (unpaired) electrons. The van der Waals surface area contributed by atoms with Crippen LogP contribution in [0.4, 0.5) is 65.9 Å². The quantitative estimate of drug-likeness (QED) is 0.0146. The number of rotatable bonds is 37. The summed E-state index contributed by atoms with van der Waals surface area (Å²) in [6, 6.07) is 0. The van der Waals surface area contributed by atoms with Gasteiger partial charge in [0.25, 0.3) is 0 Å². The van der Waals surface area contributed by atoms with Crippen LogP contribution in [-0.2, 0) is 85.6 Å². The molecule has 6 N–H and O–H groups in total. The van der Waals surface area contributed by atoms with Crippen LogP contribution in [-0.4, -0.2) is 245 Å². The smallest absolute Gasteiger partial charge is 0.419 e. The van der Waals surface area contributed by atoms with Crippen LogP contribution >= 0.6 is 0 Å². The van der Waals surface area contributed by atoms with E-state index in [2.05, 4.69) is 19.7 Å². The summed E-state index contributed by atoms with van der Waals surface area (Å²) in [6.07, 6.45) is -32.9. The number of alkyl halides is 15. The predicted octanol–water partition coefficient (Wildman–Crippen LogP) is 16.2. The van der Waals surface area contributed by atoms with Gasteiger partial charge in [0.15, 0.2) is 47.0 Å². The maximum Gasteiger partial charge on any atom is 0.419 e. The van der Waals surface area contributed by atoms with Crippen molar-refractivity contribution in [2.45, 2.75) is 417 Å². The number of hydrogen-bond donors (Lipinski definition) is 6. The molecule has 0 aromatic heterocycles. The van der Waals surface area contributed by atoms with E-state index in [4.69, 9.17) is 56.8 Å². The normalized spacial score (nSPS) is 30.0. The van der Waals surface area contributed by atoms with Crippen LogP contribution in [0.25, 0.3) is 0 Å². The van der Waals surface area contributed by atoms with Gasteiger partial charge in [0.05, 0.1) is 81.9 Å². The minimum atomic E-state index is -5.06. The first-order valence-electron chi connectivity index (χ1n) is 43.1. The number of carbonyl (C=O) groups is 6. The van der Waals surface area contributed by atoms with Crippen LogP contribution in [0.1, 0.15) is 258 Å². The molecule has 39 heteroatoms. The van der Waals surface area contributed by atoms with Crippen LogP contribution in [0, 0.1) is 57.7 Å². The summed E-state index contributed by atoms with van der Waals surface area (Å²) >= 11 is 0. The van der Waals surface area contributed by atoms with E-state index >= 15 is 0 Å². The van der Waals surface area contributed by atoms with Crippen molar-refractivity contribution in [1.82, 2.24) is 0 Å². The van der Waals surface area contributed by atoms with E-state index in [-0.39, 0.29) is 60.2 Å². The Labute approximate surface area is 746 Å². The molecule has 8 rings (SSSR count). The van der Waals surface area contributed by atoms with Crippen LogP contribution in [0.5, 0.6) is 0 Å². The Morgan fingerprint density at radius 2 is 0.682 bits per heavy atom. The zero-order chi connectivity index (χ0) is 101. The first-order valence-corrected chi connectivity index (χ1v) is 43.1. The van der Waals surface area contributed by atoms with Crippen LogP contribution < -0.4 is 0 Å². The van der Waals surface area contributed by atoms with Gasteiger partial charge in [0.1, 0.15) is 24.9 Å². The SMILES string of the molecule is C=C(C)C(=O)OCC(=O)CC12CC3CC(C(C)(C)OC(C)C(C)(C)O)(C1)CC(C(C)(C)OC(C)C(C)(O)C(F)(F)F)(C3)C2.C=C(C)C(=O)OCC(=O)OC1CC2CC1C(C(C)(C)OC(C)C(C)(O)C(F)(F)F)C2C(C)(C)OC(C)C(C)(O)C(F)(F)F.C=C(C)C(=O)OCC(=O)OC1CC2OC1C(C(C)(C)OC(C)C(C)(O)C(F)(F)F)C2C(C)(C)OC(C)C(C)(O)C(F)(F)F. The molecule has 24 nitrogen and oxygen atoms in total. The molecule has 0 aromatic carbocycles. The molecule has 8 aliphatic rings. The van der Waals surface area contributed by atoms with Crippen molar-refractivity contribution in [1.29, 1.82) is 0 Å². The third kappa shape index (κ3) is 24.7. The Morgan fingerprint density at radius 3 is 1.02 bits per heavy atom. The summed E-state index contributed by atoms with van der Waals surface area (Å²) in [5, 5.41) is 62.1. The molecular formula is C90H139F15O24. The van der Waals surface area contributed by atoms with E-state index in [0.717, 1.165) is 47.5 Å². The molecule has 748 valence electrons. The Balaban J connectivity index is 0.000000343. The third-order valence-electron chi connectivity index (χ3n) is 29.1. The second-order valence-corrected chi connectivity index (χ2v) is 42.2. The van der Waals surface area contributed by atoms with E-state index in [1.807, 2.05) is 20.8 Å². The van der Waals surface area contributed by atoms with Crippen LogP contribution in [0.15, 0.2) is 36.5 Å². The number of ether oxygens (including phenoxy) is 12. The third-order valence-corrected chi connectivity index (χ3v) is 29.1. The molecule has 129 heavy (non-hydrogen) atoms. The number of esters is 5. The van der Waals surface area contributed by atoms with Crippen molar-refractivity contribution < 1.29 is 182 Å². The summed E-state index contributed by atoms with van der Waals surface area (Å²) in [6.45, 7) is 46.0. The summed E-state index contributed by atoms with van der Waals surface area (Å²) in [7, 11) is 0. The topological polar surface area (TPSA) is 335 Å². The molecule has 8 fully saturated rings. The summed E-state index contributed by atoms with van der Waals surface area (Å²) < 4.78 is 273. The molecule has 0 aromatic rings. The van der Waals surface area contributed by atoms with Gasteiger partial charge in [-0.15, -0.1) is 0 Å². The highest BCUT2D eigenvalue weighted by Crippen LogP contribution is 2.76. The molecular weight excluding hydrogens is 1750 g/mol. The van der Waals surface area contributed by atoms with Crippen molar-refractivity contribution in [3.05, 3.63) is 36.5 Å². The first-order chi connectivity index (χ1) is 57.3. The number of fused-ring (bicyclic) bond motifs is 4. The number of Topliss-reactive ketones (excluding diaryl/α,β-unsaturated/α-hetero) is 1. The number of halogens is 15. The second-order valence-electron chi connectivity index (χ2n) is 42.2. The number of aliphatic hydroxyl groups is 6. The maximum atomic E-state index is 13.8. The summed E-state index contributed by atoms with van der Waals surface area (Å²) in [4.78, 5) is 73.6. The Kier molecular flexibility index (Phi) is 33.9. The van der Waals surface area contributed by atoms with Gasteiger partial charge in [-0.3, -0.25) is 4.79 Å². The van der Waals surface area contributed by atoms with E-state index in [1.165, 1.54) is 83.1 Å². The van der Waals surface area contributed by atoms with Crippen molar-refractivity contribution >= 4 is 35.6 Å². The molecule has 0 spiro atoms. The van der Waals surface area contributed by atoms with Gasteiger partial charge >= 0.3 is 60.7 Å². The Morgan fingerprint density at radius 1 is 0.380 bits per heavy atom. The van der Waals surface area contributed by atoms with Gasteiger partial charge in [-0.25, -0.2) is 24.0 Å². The molecule has 25 unspecified atom stereocenters. The molecule has 2 heterocycles. The van der Waals surface area contributed by atoms with E-state index < -0.39 is 248 Å². The van der Waals surface area contributed by atoms with E-state index in [9.17, 15) is 125 Å². The summed E-state index contributed by atoms with van der Waals surface area (Å²) in [5.41, 5.74) is -26.2. The average Bonchev–Trinajstić information content (AvgIpc) is 1.67. The standard InChI is InChI=1S/C33H53F3O7.C29H44F6O8.C28H42F6O9/c1-20(2)25(38)41-16-24(37)15-30-12-23-13-31(17-30,27(7,8)42-21(3)26(5,6)39)19-32(14-23,18-30)28(9,10)43-22(4)29(11,40)33(34,35)36;1-14(2)23(37)40-13-20(36)41-19-12-17-11-18(19)22(25(7,8)43-16(4)27(10,39)29(33,34)35)21(17)24(5,6)42-15(3)26(9,38)28(30,31)32;1-13(2)22(36)39-12-18(35)40-17-11-16-19(23(5,6)42-14(3)25(9,37)27(29,30)31)20(21(17)41-16)24(7,8)43-15(4)26(10,38)28(32,33)34/h21-23,39-40H,1,12-19H2,2-11H3;15-19,21-22,38-39H,1,11-13H2,2-10H3;14-17,19-21,37-38H,1,11-12H2,2-10H3. The van der Waals surface area contributed by atoms with Crippen LogP contribution in [0.3, 0.4) is 0 Å². The van der Waals surface area contributed by atoms with Gasteiger partial charge in [-0.2, -0.15) is 65.9 Å². The van der Waals surface area contributed by atoms with Gasteiger partial charge in [0, 0.05) is 58.1 Å². The lowest BCUT2D eigenvalue weighted by atomic mass is 9.34. The fraction of sp³-hybridized carbons (Fsp3) is 0.867. The lowest BCUT2D eigenvalue weighted by molar-refractivity contribution is -0.327. The monoisotopic (exact) mass is 1890 g/mol. The zero-order valence-corrected chi connectivity index (χ0v) is 79.3. The van der Waals surface area contributed by atoms with Gasteiger partial charge in [0.2, 0.25) is 0 Å². The Hall–Kier alpha value is -5.33. The molecule has 6 saturated carbocycles. The highest BCUT2D eigenvalue weighted by Gasteiger charge is 2.74. The summed E-state index contributed by atoms with van der Waals surface area (Å²) in [5.74, 6) is -8.19. The molecule has 8 bridgehead atoms. The minimum absolute atomic E-state index is 0.0364. The number of carbonyl (C=O) groups excluding carboxylic acids is 6. The van der Waals surface area contributed by atoms with Crippen molar-refractivity contribution in [3.63, 3.8) is 0 Å². The molecule has 0 amide bonds. The zero-order valence-electron chi connectivity index (χ0n) is 79.3. The highest BCUT2D eigenvalue weighted by atomic mass is 19.4. The van der Waals surface area contributed by atoms with Gasteiger partial charge in [-0.1, -0.05) is 19.7 Å². The first kappa shape index (κ1) is 114. The predicted molar refractivity (Wildman–Crippen MR) is 436 cm³/mol. The average molecular weight is 1890 g/mol. The largest absolute Gasteiger partial charge is 0.460 e. The fourth-order valence-electron chi connectivity index (χ4n) is 20.9. The van der Waals surface area contributed by atoms with E-state index in [0.29, 0.717) is 59.8 Å². The second kappa shape index (κ2) is 38.3. The molecule has 2 aliphatic heterocycles. The minimum Gasteiger partial charge on any atom is -0.460 e. The number of hydrogen-bond acceptors (Lipinski definition) is 24. The lowest BCUT2D eigenvalue weighted by Crippen LogP contribution is -2.69. The fourth-order valence-corrected chi connectivity index (χ4v) is 20.9. The van der Waals surface area contributed by atoms with Gasteiger partial charge < -0.3 is 87.5 Å². The van der Waals surface area contributed by atoms with Crippen molar-refractivity contribution in [2.24, 2.45) is 57.7 Å². The number of ketones is 1.